The summed E-state index contributed by atoms with van der Waals surface area (Å²) in [4.78, 5) is 22.8. The molecule has 0 atom stereocenters. The number of halogens is 2. The van der Waals surface area contributed by atoms with Gasteiger partial charge < -0.3 is 9.47 Å². The Morgan fingerprint density at radius 2 is 1.00 bits per heavy atom. The van der Waals surface area contributed by atoms with Crippen molar-refractivity contribution in [2.45, 2.75) is 26.1 Å². The molecule has 0 aliphatic carbocycles. The van der Waals surface area contributed by atoms with Gasteiger partial charge in [0, 0.05) is 8.86 Å². The van der Waals surface area contributed by atoms with Gasteiger partial charge in [-0.15, -0.1) is 0 Å². The van der Waals surface area contributed by atoms with Gasteiger partial charge in [-0.05, 0) is 22.3 Å². The molecule has 0 aliphatic heterocycles. The molecule has 2 rings (SSSR count). The van der Waals surface area contributed by atoms with Crippen molar-refractivity contribution in [2.75, 3.05) is 8.86 Å². The van der Waals surface area contributed by atoms with Crippen molar-refractivity contribution in [2.24, 2.45) is 0 Å². The number of alkyl halides is 2. The summed E-state index contributed by atoms with van der Waals surface area (Å²) < 4.78 is 11.9. The SMILES string of the molecule is O=C(CCI)OCc1ccc(-c2ccc(COC(=O)CCI)cc2)cc1. The van der Waals surface area contributed by atoms with Crippen LogP contribution in [0.25, 0.3) is 11.1 Å². The number of carbonyl (C=O) groups is 2. The van der Waals surface area contributed by atoms with Crippen molar-refractivity contribution in [1.82, 2.24) is 0 Å². The fourth-order valence-corrected chi connectivity index (χ4v) is 3.09. The van der Waals surface area contributed by atoms with Gasteiger partial charge in [0.2, 0.25) is 0 Å². The second-order valence-corrected chi connectivity index (χ2v) is 7.75. The van der Waals surface area contributed by atoms with Gasteiger partial charge in [-0.2, -0.15) is 0 Å². The van der Waals surface area contributed by atoms with Gasteiger partial charge in [0.1, 0.15) is 13.2 Å². The maximum absolute atomic E-state index is 11.4. The monoisotopic (exact) mass is 578 g/mol. The molecule has 2 aromatic rings. The summed E-state index contributed by atoms with van der Waals surface area (Å²) in [7, 11) is 0. The fraction of sp³-hybridized carbons (Fsp3) is 0.300. The summed E-state index contributed by atoms with van der Waals surface area (Å²) in [5.41, 5.74) is 4.10. The van der Waals surface area contributed by atoms with Crippen LogP contribution in [0.2, 0.25) is 0 Å². The molecule has 0 aromatic heterocycles. The number of carbonyl (C=O) groups excluding carboxylic acids is 2. The van der Waals surface area contributed by atoms with Crippen LogP contribution in [-0.4, -0.2) is 20.8 Å². The van der Waals surface area contributed by atoms with Gasteiger partial charge in [0.15, 0.2) is 0 Å². The van der Waals surface area contributed by atoms with E-state index in [1.54, 1.807) is 0 Å². The zero-order valence-corrected chi connectivity index (χ0v) is 18.6. The molecule has 0 spiro atoms. The largest absolute Gasteiger partial charge is 0.461 e. The molecular weight excluding hydrogens is 558 g/mol. The summed E-state index contributed by atoms with van der Waals surface area (Å²) in [5.74, 6) is -0.337. The normalized spacial score (nSPS) is 10.4. The molecule has 6 heteroatoms. The van der Waals surface area contributed by atoms with E-state index in [1.165, 1.54) is 0 Å². The van der Waals surface area contributed by atoms with E-state index in [0.29, 0.717) is 26.1 Å². The Kier molecular flexibility index (Phi) is 9.38. The summed E-state index contributed by atoms with van der Waals surface area (Å²) in [6, 6.07) is 15.9. The molecular formula is C20H20I2O4. The van der Waals surface area contributed by atoms with Crippen molar-refractivity contribution < 1.29 is 19.1 Å². The zero-order chi connectivity index (χ0) is 18.8. The average Bonchev–Trinajstić information content (AvgIpc) is 2.66. The standard InChI is InChI=1S/C20H20I2O4/c21-11-9-19(23)25-13-15-1-5-17(6-2-15)18-7-3-16(4-8-18)14-26-20(24)10-12-22/h1-8H,9-14H2. The zero-order valence-electron chi connectivity index (χ0n) is 14.3. The minimum absolute atomic E-state index is 0.168. The van der Waals surface area contributed by atoms with Crippen LogP contribution >= 0.6 is 45.2 Å². The second kappa shape index (κ2) is 11.5. The molecule has 0 unspecified atom stereocenters. The highest BCUT2D eigenvalue weighted by Crippen LogP contribution is 2.21. The highest BCUT2D eigenvalue weighted by atomic mass is 127. The lowest BCUT2D eigenvalue weighted by molar-refractivity contribution is -0.145. The quantitative estimate of drug-likeness (QED) is 0.237. The molecule has 0 heterocycles. The topological polar surface area (TPSA) is 52.6 Å². The van der Waals surface area contributed by atoms with Crippen molar-refractivity contribution in [3.63, 3.8) is 0 Å². The lowest BCUT2D eigenvalue weighted by Gasteiger charge is -2.08. The first-order valence-corrected chi connectivity index (χ1v) is 11.3. The third-order valence-electron chi connectivity index (χ3n) is 3.64. The molecule has 0 N–H and O–H groups in total. The van der Waals surface area contributed by atoms with Crippen molar-refractivity contribution >= 4 is 57.1 Å². The molecule has 0 amide bonds. The lowest BCUT2D eigenvalue weighted by Crippen LogP contribution is -2.04. The van der Waals surface area contributed by atoms with Gasteiger partial charge in [0.05, 0.1) is 12.8 Å². The molecule has 26 heavy (non-hydrogen) atoms. The van der Waals surface area contributed by atoms with Crippen LogP contribution in [0.1, 0.15) is 24.0 Å². The molecule has 0 saturated carbocycles. The van der Waals surface area contributed by atoms with Gasteiger partial charge in [-0.25, -0.2) is 0 Å². The predicted molar refractivity (Wildman–Crippen MR) is 118 cm³/mol. The first-order chi connectivity index (χ1) is 12.6. The highest BCUT2D eigenvalue weighted by molar-refractivity contribution is 14.1. The van der Waals surface area contributed by atoms with Gasteiger partial charge in [-0.3, -0.25) is 9.59 Å². The van der Waals surface area contributed by atoms with E-state index >= 15 is 0 Å². The molecule has 0 radical (unpaired) electrons. The van der Waals surface area contributed by atoms with Crippen LogP contribution < -0.4 is 0 Å². The number of hydrogen-bond acceptors (Lipinski definition) is 4. The van der Waals surface area contributed by atoms with E-state index in [9.17, 15) is 9.59 Å². The lowest BCUT2D eigenvalue weighted by atomic mass is 10.0. The van der Waals surface area contributed by atoms with Crippen LogP contribution in [-0.2, 0) is 32.3 Å². The Balaban J connectivity index is 1.90. The van der Waals surface area contributed by atoms with E-state index in [4.69, 9.17) is 9.47 Å². The Morgan fingerprint density at radius 3 is 1.31 bits per heavy atom. The molecule has 0 fully saturated rings. The summed E-state index contributed by atoms with van der Waals surface area (Å²) in [6.45, 7) is 0.606. The molecule has 0 bridgehead atoms. The van der Waals surface area contributed by atoms with Crippen LogP contribution in [0.15, 0.2) is 48.5 Å². The maximum Gasteiger partial charge on any atom is 0.306 e. The number of benzene rings is 2. The Hall–Kier alpha value is -1.16. The van der Waals surface area contributed by atoms with Crippen LogP contribution in [0.5, 0.6) is 0 Å². The number of ether oxygens (including phenoxy) is 2. The summed E-state index contributed by atoms with van der Waals surface area (Å²) >= 11 is 4.31. The predicted octanol–water partition coefficient (Wildman–Crippen LogP) is 5.09. The van der Waals surface area contributed by atoms with E-state index in [-0.39, 0.29) is 11.9 Å². The number of rotatable bonds is 9. The van der Waals surface area contributed by atoms with Gasteiger partial charge >= 0.3 is 11.9 Å². The first-order valence-electron chi connectivity index (χ1n) is 8.24. The smallest absolute Gasteiger partial charge is 0.306 e. The van der Waals surface area contributed by atoms with E-state index < -0.39 is 0 Å². The maximum atomic E-state index is 11.4. The Labute approximate surface area is 180 Å². The number of esters is 2. The van der Waals surface area contributed by atoms with Crippen molar-refractivity contribution in [3.05, 3.63) is 59.7 Å². The number of hydrogen-bond donors (Lipinski definition) is 0. The van der Waals surface area contributed by atoms with Crippen LogP contribution in [0.3, 0.4) is 0 Å². The third kappa shape index (κ3) is 7.22. The average molecular weight is 578 g/mol. The molecule has 0 aliphatic rings. The molecule has 138 valence electrons. The summed E-state index contributed by atoms with van der Waals surface area (Å²) in [6.07, 6.45) is 0.886. The summed E-state index contributed by atoms with van der Waals surface area (Å²) in [5, 5.41) is 0. The van der Waals surface area contributed by atoms with Crippen LogP contribution in [0, 0.1) is 0 Å². The van der Waals surface area contributed by atoms with Crippen molar-refractivity contribution in [1.29, 1.82) is 0 Å². The molecule has 0 saturated heterocycles. The first kappa shape index (κ1) is 21.1. The van der Waals surface area contributed by atoms with E-state index in [1.807, 2.05) is 48.5 Å². The Morgan fingerprint density at radius 1 is 0.654 bits per heavy atom. The Bertz CT molecular complexity index is 648. The molecule has 4 nitrogen and oxygen atoms in total. The second-order valence-electron chi connectivity index (χ2n) is 5.59. The van der Waals surface area contributed by atoms with Gasteiger partial charge in [-0.1, -0.05) is 93.7 Å². The van der Waals surface area contributed by atoms with Gasteiger partial charge in [0.25, 0.3) is 0 Å². The van der Waals surface area contributed by atoms with E-state index in [0.717, 1.165) is 31.1 Å². The molecule has 2 aromatic carbocycles. The van der Waals surface area contributed by atoms with E-state index in [2.05, 4.69) is 45.2 Å². The van der Waals surface area contributed by atoms with Crippen LogP contribution in [0.4, 0.5) is 0 Å². The minimum atomic E-state index is -0.168. The highest BCUT2D eigenvalue weighted by Gasteiger charge is 2.05. The fourth-order valence-electron chi connectivity index (χ4n) is 2.21. The van der Waals surface area contributed by atoms with Crippen molar-refractivity contribution in [3.8, 4) is 11.1 Å². The third-order valence-corrected chi connectivity index (χ3v) is 4.72. The minimum Gasteiger partial charge on any atom is -0.461 e.